The second kappa shape index (κ2) is 11.8. The summed E-state index contributed by atoms with van der Waals surface area (Å²) in [5.74, 6) is 1.57. The highest BCUT2D eigenvalue weighted by Gasteiger charge is 2.19. The number of aromatic nitrogens is 2. The van der Waals surface area contributed by atoms with Crippen LogP contribution in [0.2, 0.25) is 5.02 Å². The zero-order valence-electron chi connectivity index (χ0n) is 17.4. The van der Waals surface area contributed by atoms with Gasteiger partial charge in [-0.15, -0.1) is 0 Å². The Balaban J connectivity index is 1.37. The number of benzene rings is 1. The molecule has 1 fully saturated rings. The molecule has 1 saturated heterocycles. The lowest BCUT2D eigenvalue weighted by molar-refractivity contribution is 0.180. The maximum Gasteiger partial charge on any atom is 0.191 e. The molecule has 3 rings (SSSR count). The minimum Gasteiger partial charge on any atom is -0.357 e. The van der Waals surface area contributed by atoms with Crippen molar-refractivity contribution in [1.82, 2.24) is 25.3 Å². The van der Waals surface area contributed by atoms with Crippen LogP contribution in [0, 0.1) is 5.92 Å². The lowest BCUT2D eigenvalue weighted by Crippen LogP contribution is -2.39. The van der Waals surface area contributed by atoms with Crippen molar-refractivity contribution in [3.63, 3.8) is 0 Å². The lowest BCUT2D eigenvalue weighted by atomic mass is 9.96. The van der Waals surface area contributed by atoms with E-state index < -0.39 is 0 Å². The van der Waals surface area contributed by atoms with Crippen molar-refractivity contribution >= 4 is 17.6 Å². The molecule has 0 atom stereocenters. The molecule has 0 saturated carbocycles. The summed E-state index contributed by atoms with van der Waals surface area (Å²) in [6.45, 7) is 8.84. The summed E-state index contributed by atoms with van der Waals surface area (Å²) in [6.07, 6.45) is 7.21. The molecule has 6 nitrogen and oxygen atoms in total. The molecule has 1 aliphatic rings. The number of hydrogen-bond acceptors (Lipinski definition) is 3. The van der Waals surface area contributed by atoms with Crippen LogP contribution in [-0.2, 0) is 13.1 Å². The fourth-order valence-corrected chi connectivity index (χ4v) is 3.83. The van der Waals surface area contributed by atoms with E-state index in [0.717, 1.165) is 63.2 Å². The summed E-state index contributed by atoms with van der Waals surface area (Å²) in [6, 6.07) is 10.1. The third kappa shape index (κ3) is 7.37. The highest BCUT2D eigenvalue weighted by atomic mass is 35.5. The molecule has 7 heteroatoms. The molecular formula is C22H33ClN6. The fourth-order valence-electron chi connectivity index (χ4n) is 3.64. The number of hydrogen-bond donors (Lipinski definition) is 2. The van der Waals surface area contributed by atoms with Crippen LogP contribution < -0.4 is 10.6 Å². The van der Waals surface area contributed by atoms with Crippen LogP contribution in [0.1, 0.15) is 31.7 Å². The quantitative estimate of drug-likeness (QED) is 0.373. The highest BCUT2D eigenvalue weighted by Crippen LogP contribution is 2.22. The van der Waals surface area contributed by atoms with Crippen molar-refractivity contribution in [2.24, 2.45) is 10.9 Å². The summed E-state index contributed by atoms with van der Waals surface area (Å²) in [5.41, 5.74) is 1.22. The Morgan fingerprint density at radius 3 is 2.76 bits per heavy atom. The molecule has 0 bridgehead atoms. The van der Waals surface area contributed by atoms with E-state index in [1.54, 1.807) is 0 Å². The number of nitrogens with one attached hydrogen (secondary N) is 2. The van der Waals surface area contributed by atoms with Gasteiger partial charge in [0.05, 0.1) is 0 Å². The summed E-state index contributed by atoms with van der Waals surface area (Å²) in [4.78, 5) is 7.33. The summed E-state index contributed by atoms with van der Waals surface area (Å²) >= 11 is 6.30. The number of halogens is 1. The van der Waals surface area contributed by atoms with Gasteiger partial charge in [-0.05, 0) is 62.9 Å². The average Bonchev–Trinajstić information content (AvgIpc) is 3.25. The van der Waals surface area contributed by atoms with Crippen molar-refractivity contribution in [1.29, 1.82) is 0 Å². The molecule has 29 heavy (non-hydrogen) atoms. The zero-order valence-corrected chi connectivity index (χ0v) is 18.1. The van der Waals surface area contributed by atoms with E-state index >= 15 is 0 Å². The van der Waals surface area contributed by atoms with Gasteiger partial charge >= 0.3 is 0 Å². The maximum absolute atomic E-state index is 6.30. The molecule has 1 aliphatic heterocycles. The Morgan fingerprint density at radius 1 is 1.21 bits per heavy atom. The van der Waals surface area contributed by atoms with E-state index in [9.17, 15) is 0 Å². The third-order valence-electron chi connectivity index (χ3n) is 5.33. The third-order valence-corrected chi connectivity index (χ3v) is 5.70. The summed E-state index contributed by atoms with van der Waals surface area (Å²) < 4.78 is 1.96. The highest BCUT2D eigenvalue weighted by molar-refractivity contribution is 6.31. The summed E-state index contributed by atoms with van der Waals surface area (Å²) in [7, 11) is 0. The van der Waals surface area contributed by atoms with Crippen LogP contribution in [0.4, 0.5) is 0 Å². The molecule has 0 radical (unpaired) electrons. The number of aliphatic imine (C=N–C) groups is 1. The average molecular weight is 417 g/mol. The molecule has 2 aromatic rings. The predicted octanol–water partition coefficient (Wildman–Crippen LogP) is 3.39. The first-order valence-corrected chi connectivity index (χ1v) is 11.1. The standard InChI is InChI=1S/C22H33ClN6/c1-2-24-22(25-11-5-13-29-14-6-12-27-29)26-17-19-9-15-28(16-10-19)18-20-7-3-4-8-21(20)23/h3-4,6-8,12,14,19H,2,5,9-11,13,15-18H2,1H3,(H2,24,25,26). The second-order valence-corrected chi connectivity index (χ2v) is 7.99. The Bertz CT molecular complexity index is 738. The molecule has 1 aromatic carbocycles. The number of nitrogens with zero attached hydrogens (tertiary/aromatic N) is 4. The van der Waals surface area contributed by atoms with Gasteiger partial charge in [0.2, 0.25) is 0 Å². The Labute approximate surface area is 179 Å². The first-order valence-electron chi connectivity index (χ1n) is 10.7. The number of rotatable bonds is 9. The summed E-state index contributed by atoms with van der Waals surface area (Å²) in [5, 5.41) is 11.9. The van der Waals surface area contributed by atoms with Crippen molar-refractivity contribution < 1.29 is 0 Å². The minimum atomic E-state index is 0.650. The molecule has 0 unspecified atom stereocenters. The number of likely N-dealkylation sites (tertiary alicyclic amines) is 1. The van der Waals surface area contributed by atoms with E-state index in [0.29, 0.717) is 5.92 Å². The molecule has 2 heterocycles. The molecule has 2 N–H and O–H groups in total. The topological polar surface area (TPSA) is 57.5 Å². The van der Waals surface area contributed by atoms with Gasteiger partial charge in [-0.3, -0.25) is 14.6 Å². The molecular weight excluding hydrogens is 384 g/mol. The van der Waals surface area contributed by atoms with E-state index in [1.165, 1.54) is 18.4 Å². The van der Waals surface area contributed by atoms with Crippen molar-refractivity contribution in [2.45, 2.75) is 39.3 Å². The molecule has 1 aromatic heterocycles. The predicted molar refractivity (Wildman–Crippen MR) is 120 cm³/mol. The smallest absolute Gasteiger partial charge is 0.191 e. The molecule has 0 amide bonds. The van der Waals surface area contributed by atoms with Crippen LogP contribution >= 0.6 is 11.6 Å². The van der Waals surface area contributed by atoms with Gasteiger partial charge in [-0.25, -0.2) is 0 Å². The van der Waals surface area contributed by atoms with Gasteiger partial charge in [0.15, 0.2) is 5.96 Å². The largest absolute Gasteiger partial charge is 0.357 e. The fraction of sp³-hybridized carbons (Fsp3) is 0.545. The van der Waals surface area contributed by atoms with Gasteiger partial charge in [0.1, 0.15) is 0 Å². The Morgan fingerprint density at radius 2 is 2.03 bits per heavy atom. The minimum absolute atomic E-state index is 0.650. The van der Waals surface area contributed by atoms with Gasteiger partial charge in [-0.2, -0.15) is 5.10 Å². The Hall–Kier alpha value is -2.05. The number of piperidine rings is 1. The van der Waals surface area contributed by atoms with E-state index in [1.807, 2.05) is 35.3 Å². The van der Waals surface area contributed by atoms with Crippen LogP contribution in [0.5, 0.6) is 0 Å². The number of guanidine groups is 1. The van der Waals surface area contributed by atoms with E-state index in [4.69, 9.17) is 16.6 Å². The van der Waals surface area contributed by atoms with Gasteiger partial charge in [0, 0.05) is 50.1 Å². The van der Waals surface area contributed by atoms with Crippen LogP contribution in [0.3, 0.4) is 0 Å². The Kier molecular flexibility index (Phi) is 8.83. The van der Waals surface area contributed by atoms with Gasteiger partial charge in [0.25, 0.3) is 0 Å². The van der Waals surface area contributed by atoms with Crippen molar-refractivity contribution in [3.05, 3.63) is 53.3 Å². The first kappa shape index (κ1) is 21.7. The first-order chi connectivity index (χ1) is 14.2. The maximum atomic E-state index is 6.30. The van der Waals surface area contributed by atoms with E-state index in [-0.39, 0.29) is 0 Å². The van der Waals surface area contributed by atoms with Gasteiger partial charge < -0.3 is 10.6 Å². The SMILES string of the molecule is CCNC(=NCC1CCN(Cc2ccccc2Cl)CC1)NCCCn1cccn1. The van der Waals surface area contributed by atoms with E-state index in [2.05, 4.69) is 39.7 Å². The van der Waals surface area contributed by atoms with Gasteiger partial charge in [-0.1, -0.05) is 29.8 Å². The van der Waals surface area contributed by atoms with Crippen molar-refractivity contribution in [2.75, 3.05) is 32.7 Å². The lowest BCUT2D eigenvalue weighted by Gasteiger charge is -2.31. The zero-order chi connectivity index (χ0) is 20.3. The van der Waals surface area contributed by atoms with Crippen LogP contribution in [-0.4, -0.2) is 53.4 Å². The van der Waals surface area contributed by atoms with Crippen molar-refractivity contribution in [3.8, 4) is 0 Å². The molecule has 0 aliphatic carbocycles. The second-order valence-electron chi connectivity index (χ2n) is 7.58. The van der Waals surface area contributed by atoms with Crippen LogP contribution in [0.15, 0.2) is 47.7 Å². The monoisotopic (exact) mass is 416 g/mol. The normalized spacial score (nSPS) is 16.1. The molecule has 0 spiro atoms. The molecule has 158 valence electrons. The van der Waals surface area contributed by atoms with Crippen LogP contribution in [0.25, 0.3) is 0 Å². The number of aryl methyl sites for hydroxylation is 1.